The number of fused-ring (bicyclic) bond motifs is 1. The minimum atomic E-state index is -0.392. The summed E-state index contributed by atoms with van der Waals surface area (Å²) in [5.74, 6) is -0.216. The average Bonchev–Trinajstić information content (AvgIpc) is 2.66. The van der Waals surface area contributed by atoms with Crippen LogP contribution in [0.4, 0.5) is 10.5 Å². The lowest BCUT2D eigenvalue weighted by Gasteiger charge is -2.26. The van der Waals surface area contributed by atoms with E-state index in [-0.39, 0.29) is 30.9 Å². The summed E-state index contributed by atoms with van der Waals surface area (Å²) in [6.07, 6.45) is 2.85. The number of rotatable bonds is 5. The molecule has 0 spiro atoms. The van der Waals surface area contributed by atoms with Crippen molar-refractivity contribution in [3.8, 4) is 0 Å². The van der Waals surface area contributed by atoms with Crippen LogP contribution in [0.3, 0.4) is 0 Å². The number of urea groups is 1. The number of hydrogen-bond donors (Lipinski definition) is 4. The molecule has 8 heteroatoms. The van der Waals surface area contributed by atoms with E-state index in [0.717, 1.165) is 36.1 Å². The minimum absolute atomic E-state index is 0. The first-order valence-corrected chi connectivity index (χ1v) is 9.33. The maximum atomic E-state index is 12.2. The number of anilines is 1. The fraction of sp³-hybridized carbons (Fsp3) is 0.300. The lowest BCUT2D eigenvalue weighted by Crippen LogP contribution is -2.43. The van der Waals surface area contributed by atoms with E-state index in [4.69, 9.17) is 17.3 Å². The van der Waals surface area contributed by atoms with Crippen LogP contribution in [0.2, 0.25) is 5.02 Å². The number of hydrogen-bond acceptors (Lipinski definition) is 3. The Morgan fingerprint density at radius 2 is 1.86 bits per heavy atom. The molecule has 2 aromatic carbocycles. The number of nitrogens with one attached hydrogen (secondary N) is 3. The number of nitrogen functional groups attached to an aromatic ring is 1. The molecule has 0 aliphatic heterocycles. The third kappa shape index (κ3) is 6.04. The Bertz CT molecular complexity index is 827. The fourth-order valence-electron chi connectivity index (χ4n) is 3.24. The zero-order valence-electron chi connectivity index (χ0n) is 15.3. The summed E-state index contributed by atoms with van der Waals surface area (Å²) >= 11 is 5.83. The summed E-state index contributed by atoms with van der Waals surface area (Å²) in [4.78, 5) is 24.1. The van der Waals surface area contributed by atoms with Crippen LogP contribution in [-0.4, -0.2) is 18.5 Å². The lowest BCUT2D eigenvalue weighted by molar-refractivity contribution is -0.120. The van der Waals surface area contributed by atoms with E-state index in [1.165, 1.54) is 5.56 Å². The second-order valence-electron chi connectivity index (χ2n) is 6.63. The highest BCUT2D eigenvalue weighted by Gasteiger charge is 2.21. The summed E-state index contributed by atoms with van der Waals surface area (Å²) in [5.41, 5.74) is 9.79. The normalized spacial score (nSPS) is 15.0. The average molecular weight is 423 g/mol. The molecular weight excluding hydrogens is 399 g/mol. The smallest absolute Gasteiger partial charge is 0.315 e. The molecular formula is C20H24Cl2N4O2. The van der Waals surface area contributed by atoms with Crippen molar-refractivity contribution in [3.05, 3.63) is 64.2 Å². The van der Waals surface area contributed by atoms with Gasteiger partial charge in [0.25, 0.3) is 0 Å². The van der Waals surface area contributed by atoms with Gasteiger partial charge in [-0.1, -0.05) is 29.8 Å². The zero-order valence-corrected chi connectivity index (χ0v) is 16.9. The molecule has 2 aromatic rings. The first-order valence-electron chi connectivity index (χ1n) is 8.95. The predicted octanol–water partition coefficient (Wildman–Crippen LogP) is 3.34. The molecule has 1 aliphatic carbocycles. The predicted molar refractivity (Wildman–Crippen MR) is 114 cm³/mol. The first-order chi connectivity index (χ1) is 13.0. The monoisotopic (exact) mass is 422 g/mol. The second-order valence-corrected chi connectivity index (χ2v) is 7.07. The van der Waals surface area contributed by atoms with Crippen molar-refractivity contribution >= 4 is 41.6 Å². The Labute approximate surface area is 175 Å². The standard InChI is InChI=1S/C20H23ClN4O2.ClH/c21-15-6-4-13(5-7-15)11-23-20(27)24-12-19(26)25-18-3-1-2-14-10-16(22)8-9-17(14)18;/h4-10,18H,1-3,11-12,22H2,(H,25,26)(H2,23,24,27);1H. The van der Waals surface area contributed by atoms with E-state index >= 15 is 0 Å². The Hall–Kier alpha value is -2.44. The van der Waals surface area contributed by atoms with Crippen LogP contribution in [0.25, 0.3) is 0 Å². The number of carbonyl (C=O) groups is 2. The number of amides is 3. The molecule has 3 rings (SSSR count). The van der Waals surface area contributed by atoms with Crippen LogP contribution >= 0.6 is 24.0 Å². The van der Waals surface area contributed by atoms with Gasteiger partial charge in [0.2, 0.25) is 5.91 Å². The van der Waals surface area contributed by atoms with Gasteiger partial charge in [-0.05, 0) is 60.2 Å². The third-order valence-corrected chi connectivity index (χ3v) is 4.84. The van der Waals surface area contributed by atoms with Crippen molar-refractivity contribution in [3.63, 3.8) is 0 Å². The van der Waals surface area contributed by atoms with Gasteiger partial charge in [-0.15, -0.1) is 12.4 Å². The number of nitrogens with two attached hydrogens (primary N) is 1. The van der Waals surface area contributed by atoms with Gasteiger partial charge in [0.05, 0.1) is 12.6 Å². The van der Waals surface area contributed by atoms with Crippen molar-refractivity contribution in [2.24, 2.45) is 0 Å². The number of benzene rings is 2. The van der Waals surface area contributed by atoms with Crippen LogP contribution in [0.1, 0.15) is 35.6 Å². The quantitative estimate of drug-likeness (QED) is 0.556. The zero-order chi connectivity index (χ0) is 19.2. The molecule has 0 bridgehead atoms. The number of carbonyl (C=O) groups excluding carboxylic acids is 2. The van der Waals surface area contributed by atoms with Crippen LogP contribution < -0.4 is 21.7 Å². The van der Waals surface area contributed by atoms with E-state index in [2.05, 4.69) is 16.0 Å². The van der Waals surface area contributed by atoms with Crippen LogP contribution in [0, 0.1) is 0 Å². The fourth-order valence-corrected chi connectivity index (χ4v) is 3.36. The van der Waals surface area contributed by atoms with Gasteiger partial charge >= 0.3 is 6.03 Å². The summed E-state index contributed by atoms with van der Waals surface area (Å²) in [7, 11) is 0. The van der Waals surface area contributed by atoms with Crippen molar-refractivity contribution in [1.29, 1.82) is 0 Å². The van der Waals surface area contributed by atoms with Gasteiger partial charge < -0.3 is 21.7 Å². The van der Waals surface area contributed by atoms with Crippen molar-refractivity contribution in [1.82, 2.24) is 16.0 Å². The molecule has 0 aromatic heterocycles. The van der Waals surface area contributed by atoms with Crippen molar-refractivity contribution in [2.75, 3.05) is 12.3 Å². The van der Waals surface area contributed by atoms with Gasteiger partial charge in [0.1, 0.15) is 0 Å². The summed E-state index contributed by atoms with van der Waals surface area (Å²) in [6.45, 7) is 0.287. The molecule has 150 valence electrons. The molecule has 1 aliphatic rings. The van der Waals surface area contributed by atoms with Crippen LogP contribution in [0.5, 0.6) is 0 Å². The topological polar surface area (TPSA) is 96.2 Å². The van der Waals surface area contributed by atoms with E-state index in [1.807, 2.05) is 30.3 Å². The summed E-state index contributed by atoms with van der Waals surface area (Å²) < 4.78 is 0. The maximum Gasteiger partial charge on any atom is 0.315 e. The Morgan fingerprint density at radius 3 is 2.61 bits per heavy atom. The molecule has 1 atom stereocenters. The third-order valence-electron chi connectivity index (χ3n) is 4.59. The number of aryl methyl sites for hydroxylation is 1. The molecule has 3 amide bonds. The highest BCUT2D eigenvalue weighted by Crippen LogP contribution is 2.30. The Kier molecular flexibility index (Phi) is 7.96. The van der Waals surface area contributed by atoms with Gasteiger partial charge in [-0.3, -0.25) is 4.79 Å². The Balaban J connectivity index is 0.00000280. The highest BCUT2D eigenvalue weighted by atomic mass is 35.5. The molecule has 0 radical (unpaired) electrons. The molecule has 28 heavy (non-hydrogen) atoms. The Morgan fingerprint density at radius 1 is 1.11 bits per heavy atom. The van der Waals surface area contributed by atoms with Crippen LogP contribution in [-0.2, 0) is 17.8 Å². The van der Waals surface area contributed by atoms with Gasteiger partial charge in [0, 0.05) is 17.3 Å². The second kappa shape index (κ2) is 10.2. The van der Waals surface area contributed by atoms with E-state index < -0.39 is 6.03 Å². The summed E-state index contributed by atoms with van der Waals surface area (Å²) in [6, 6.07) is 12.6. The molecule has 0 fully saturated rings. The van der Waals surface area contributed by atoms with E-state index in [0.29, 0.717) is 11.6 Å². The van der Waals surface area contributed by atoms with Crippen LogP contribution in [0.15, 0.2) is 42.5 Å². The lowest BCUT2D eigenvalue weighted by atomic mass is 9.87. The van der Waals surface area contributed by atoms with Crippen molar-refractivity contribution < 1.29 is 9.59 Å². The molecule has 0 saturated heterocycles. The highest BCUT2D eigenvalue weighted by molar-refractivity contribution is 6.30. The molecule has 0 heterocycles. The maximum absolute atomic E-state index is 12.2. The molecule has 6 nitrogen and oxygen atoms in total. The van der Waals surface area contributed by atoms with Gasteiger partial charge in [-0.25, -0.2) is 4.79 Å². The summed E-state index contributed by atoms with van der Waals surface area (Å²) in [5, 5.41) is 8.93. The van der Waals surface area contributed by atoms with E-state index in [1.54, 1.807) is 12.1 Å². The largest absolute Gasteiger partial charge is 0.399 e. The minimum Gasteiger partial charge on any atom is -0.399 e. The van der Waals surface area contributed by atoms with Crippen molar-refractivity contribution in [2.45, 2.75) is 31.8 Å². The molecule has 1 unspecified atom stereocenters. The van der Waals surface area contributed by atoms with Gasteiger partial charge in [-0.2, -0.15) is 0 Å². The van der Waals surface area contributed by atoms with E-state index in [9.17, 15) is 9.59 Å². The molecule has 0 saturated carbocycles. The van der Waals surface area contributed by atoms with Gasteiger partial charge in [0.15, 0.2) is 0 Å². The first kappa shape index (κ1) is 21.9. The number of halogens is 2. The molecule has 5 N–H and O–H groups in total. The SMILES string of the molecule is Cl.Nc1ccc2c(c1)CCCC2NC(=O)CNC(=O)NCc1ccc(Cl)cc1.